The summed E-state index contributed by atoms with van der Waals surface area (Å²) in [5.74, 6) is 1.66. The van der Waals surface area contributed by atoms with Crippen molar-refractivity contribution in [1.82, 2.24) is 0 Å². The Morgan fingerprint density at radius 2 is 1.53 bits per heavy atom. The Hall–Kier alpha value is -3.16. The highest BCUT2D eigenvalue weighted by Gasteiger charge is 2.30. The standard InChI is InChI=1S/C32H38O6/c1-24(17-18-35-21-26-9-13-28(33-2)14-10-26)19-30(36-22-25-7-5-4-6-8-25)20-31-23-37-32(38-31)27-11-15-29(34-3)16-12-27/h4-17,30-32H,18-23H2,1-3H3/b24-17+/t30-,31-,32?/m0/s1. The first-order valence-corrected chi connectivity index (χ1v) is 13.1. The minimum absolute atomic E-state index is 0.00346. The van der Waals surface area contributed by atoms with Crippen LogP contribution in [-0.4, -0.2) is 39.6 Å². The van der Waals surface area contributed by atoms with Gasteiger partial charge < -0.3 is 28.4 Å². The molecule has 3 aromatic carbocycles. The molecule has 1 heterocycles. The van der Waals surface area contributed by atoms with Gasteiger partial charge in [0.05, 0.1) is 52.9 Å². The number of benzene rings is 3. The molecule has 3 aromatic rings. The summed E-state index contributed by atoms with van der Waals surface area (Å²) >= 11 is 0. The number of rotatable bonds is 14. The first-order chi connectivity index (χ1) is 18.6. The number of hydrogen-bond acceptors (Lipinski definition) is 6. The van der Waals surface area contributed by atoms with E-state index in [0.29, 0.717) is 26.4 Å². The summed E-state index contributed by atoms with van der Waals surface area (Å²) in [5.41, 5.74) is 4.48. The molecular formula is C32H38O6. The van der Waals surface area contributed by atoms with Crippen molar-refractivity contribution in [3.05, 3.63) is 107 Å². The molecule has 3 atom stereocenters. The van der Waals surface area contributed by atoms with Gasteiger partial charge in [-0.05, 0) is 48.7 Å². The van der Waals surface area contributed by atoms with Crippen LogP contribution in [0.5, 0.6) is 11.5 Å². The fourth-order valence-electron chi connectivity index (χ4n) is 4.34. The van der Waals surface area contributed by atoms with Crippen molar-refractivity contribution in [2.45, 2.75) is 51.5 Å². The van der Waals surface area contributed by atoms with Gasteiger partial charge in [0.25, 0.3) is 0 Å². The Morgan fingerprint density at radius 1 is 0.868 bits per heavy atom. The maximum Gasteiger partial charge on any atom is 0.184 e. The maximum atomic E-state index is 6.38. The molecule has 6 heteroatoms. The van der Waals surface area contributed by atoms with E-state index in [1.54, 1.807) is 14.2 Å². The van der Waals surface area contributed by atoms with E-state index in [1.165, 1.54) is 5.57 Å². The van der Waals surface area contributed by atoms with Crippen molar-refractivity contribution < 1.29 is 28.4 Å². The topological polar surface area (TPSA) is 55.4 Å². The molecule has 1 unspecified atom stereocenters. The van der Waals surface area contributed by atoms with Gasteiger partial charge in [0.1, 0.15) is 11.5 Å². The predicted molar refractivity (Wildman–Crippen MR) is 147 cm³/mol. The van der Waals surface area contributed by atoms with Crippen LogP contribution in [0.4, 0.5) is 0 Å². The molecule has 0 saturated carbocycles. The second kappa shape index (κ2) is 14.7. The lowest BCUT2D eigenvalue weighted by molar-refractivity contribution is -0.0717. The van der Waals surface area contributed by atoms with Crippen molar-refractivity contribution in [1.29, 1.82) is 0 Å². The average Bonchev–Trinajstić information content (AvgIpc) is 3.43. The number of methoxy groups -OCH3 is 2. The van der Waals surface area contributed by atoms with E-state index in [2.05, 4.69) is 25.1 Å². The molecule has 1 saturated heterocycles. The molecule has 1 fully saturated rings. The van der Waals surface area contributed by atoms with Crippen LogP contribution in [0.15, 0.2) is 90.5 Å². The molecule has 38 heavy (non-hydrogen) atoms. The third-order valence-electron chi connectivity index (χ3n) is 6.52. The molecule has 0 N–H and O–H groups in total. The Labute approximate surface area is 226 Å². The van der Waals surface area contributed by atoms with E-state index >= 15 is 0 Å². The zero-order valence-corrected chi connectivity index (χ0v) is 22.5. The minimum Gasteiger partial charge on any atom is -0.497 e. The Morgan fingerprint density at radius 3 is 2.21 bits per heavy atom. The van der Waals surface area contributed by atoms with Crippen LogP contribution in [0.1, 0.15) is 42.7 Å². The highest BCUT2D eigenvalue weighted by Crippen LogP contribution is 2.31. The maximum absolute atomic E-state index is 6.38. The van der Waals surface area contributed by atoms with Gasteiger partial charge in [-0.2, -0.15) is 0 Å². The van der Waals surface area contributed by atoms with Crippen LogP contribution in [-0.2, 0) is 32.2 Å². The fourth-order valence-corrected chi connectivity index (χ4v) is 4.34. The van der Waals surface area contributed by atoms with Crippen molar-refractivity contribution in [3.8, 4) is 11.5 Å². The lowest BCUT2D eigenvalue weighted by Gasteiger charge is -2.21. The first kappa shape index (κ1) is 27.9. The van der Waals surface area contributed by atoms with Gasteiger partial charge in [0.2, 0.25) is 0 Å². The van der Waals surface area contributed by atoms with Crippen LogP contribution < -0.4 is 9.47 Å². The van der Waals surface area contributed by atoms with Crippen LogP contribution in [0.2, 0.25) is 0 Å². The lowest BCUT2D eigenvalue weighted by atomic mass is 10.0. The summed E-state index contributed by atoms with van der Waals surface area (Å²) in [6.45, 7) is 4.33. The molecule has 0 radical (unpaired) electrons. The highest BCUT2D eigenvalue weighted by atomic mass is 16.7. The van der Waals surface area contributed by atoms with E-state index in [1.807, 2.05) is 66.7 Å². The third-order valence-corrected chi connectivity index (χ3v) is 6.52. The van der Waals surface area contributed by atoms with Crippen LogP contribution >= 0.6 is 0 Å². The summed E-state index contributed by atoms with van der Waals surface area (Å²) in [6, 6.07) is 26.0. The molecule has 1 aliphatic rings. The zero-order valence-electron chi connectivity index (χ0n) is 22.5. The van der Waals surface area contributed by atoms with Crippen LogP contribution in [0, 0.1) is 0 Å². The quantitative estimate of drug-likeness (QED) is 0.176. The Bertz CT molecular complexity index is 1110. The zero-order chi connectivity index (χ0) is 26.6. The van der Waals surface area contributed by atoms with Crippen LogP contribution in [0.3, 0.4) is 0 Å². The molecule has 0 bridgehead atoms. The lowest BCUT2D eigenvalue weighted by Crippen LogP contribution is -2.23. The number of hydrogen-bond donors (Lipinski definition) is 0. The highest BCUT2D eigenvalue weighted by molar-refractivity contribution is 5.28. The summed E-state index contributed by atoms with van der Waals surface area (Å²) in [7, 11) is 3.33. The average molecular weight is 519 g/mol. The van der Waals surface area contributed by atoms with Gasteiger partial charge in [-0.25, -0.2) is 0 Å². The van der Waals surface area contributed by atoms with E-state index in [4.69, 9.17) is 28.4 Å². The summed E-state index contributed by atoms with van der Waals surface area (Å²) in [4.78, 5) is 0. The van der Waals surface area contributed by atoms with Crippen molar-refractivity contribution in [2.75, 3.05) is 27.4 Å². The van der Waals surface area contributed by atoms with Crippen molar-refractivity contribution in [2.24, 2.45) is 0 Å². The van der Waals surface area contributed by atoms with Gasteiger partial charge >= 0.3 is 0 Å². The normalized spacial score (nSPS) is 18.3. The molecule has 1 aliphatic heterocycles. The van der Waals surface area contributed by atoms with E-state index in [-0.39, 0.29) is 18.5 Å². The van der Waals surface area contributed by atoms with Gasteiger partial charge in [-0.1, -0.05) is 66.2 Å². The van der Waals surface area contributed by atoms with Gasteiger partial charge in [-0.3, -0.25) is 0 Å². The second-order valence-corrected chi connectivity index (χ2v) is 9.47. The molecule has 6 nitrogen and oxygen atoms in total. The smallest absolute Gasteiger partial charge is 0.184 e. The van der Waals surface area contributed by atoms with E-state index in [0.717, 1.165) is 41.0 Å². The Kier molecular flexibility index (Phi) is 10.8. The van der Waals surface area contributed by atoms with Crippen molar-refractivity contribution >= 4 is 0 Å². The fraction of sp³-hybridized carbons (Fsp3) is 0.375. The van der Waals surface area contributed by atoms with E-state index in [9.17, 15) is 0 Å². The molecule has 4 rings (SSSR count). The van der Waals surface area contributed by atoms with Crippen molar-refractivity contribution in [3.63, 3.8) is 0 Å². The monoisotopic (exact) mass is 518 g/mol. The third kappa shape index (κ3) is 8.71. The molecule has 0 spiro atoms. The van der Waals surface area contributed by atoms with Gasteiger partial charge in [0, 0.05) is 12.0 Å². The predicted octanol–water partition coefficient (Wildman–Crippen LogP) is 6.65. The molecule has 202 valence electrons. The minimum atomic E-state index is -0.372. The molecule has 0 aromatic heterocycles. The molecule has 0 aliphatic carbocycles. The summed E-state index contributed by atoms with van der Waals surface area (Å²) in [6.07, 6.45) is 3.26. The number of ether oxygens (including phenoxy) is 6. The first-order valence-electron chi connectivity index (χ1n) is 13.1. The molecular weight excluding hydrogens is 480 g/mol. The largest absolute Gasteiger partial charge is 0.497 e. The van der Waals surface area contributed by atoms with Gasteiger partial charge in [-0.15, -0.1) is 0 Å². The molecule has 0 amide bonds. The van der Waals surface area contributed by atoms with Crippen LogP contribution in [0.25, 0.3) is 0 Å². The SMILES string of the molecule is COc1ccc(COC/C=C(\C)C[C@@H](C[C@H]2COC(c3ccc(OC)cc3)O2)OCc2ccccc2)cc1. The second-order valence-electron chi connectivity index (χ2n) is 9.47. The van der Waals surface area contributed by atoms with Gasteiger partial charge in [0.15, 0.2) is 6.29 Å². The summed E-state index contributed by atoms with van der Waals surface area (Å²) in [5, 5.41) is 0. The Balaban J connectivity index is 1.30. The summed E-state index contributed by atoms with van der Waals surface area (Å²) < 4.78 is 34.9. The van der Waals surface area contributed by atoms with E-state index < -0.39 is 0 Å².